The van der Waals surface area contributed by atoms with E-state index >= 15 is 0 Å². The number of ether oxygens (including phenoxy) is 2. The highest BCUT2D eigenvalue weighted by atomic mass is 17.2. The van der Waals surface area contributed by atoms with Crippen molar-refractivity contribution in [2.45, 2.75) is 90.1 Å². The SMILES string of the molecule is CC(=O)OOC1CC[C@@]23O[C@@H]2C(C)C2=C(C)CC[C@@](O)(C(OC(=O)c4ccccc4)=C3C1)C2(C)C. The Bertz CT molecular complexity index is 1120. The average Bonchev–Trinajstić information content (AvgIpc) is 3.54. The highest BCUT2D eigenvalue weighted by molar-refractivity contribution is 5.90. The van der Waals surface area contributed by atoms with Gasteiger partial charge in [0.1, 0.15) is 23.1 Å². The molecule has 5 atom stereocenters. The first-order chi connectivity index (χ1) is 16.5. The predicted molar refractivity (Wildman–Crippen MR) is 127 cm³/mol. The van der Waals surface area contributed by atoms with Crippen LogP contribution < -0.4 is 0 Å². The molecule has 7 heteroatoms. The number of fused-ring (bicyclic) bond motifs is 2. The third-order valence-corrected chi connectivity index (χ3v) is 8.61. The fourth-order valence-electron chi connectivity index (χ4n) is 6.87. The van der Waals surface area contributed by atoms with E-state index in [1.165, 1.54) is 18.1 Å². The van der Waals surface area contributed by atoms with Crippen molar-refractivity contribution in [1.29, 1.82) is 0 Å². The zero-order valence-electron chi connectivity index (χ0n) is 21.1. The lowest BCUT2D eigenvalue weighted by Gasteiger charge is -2.52. The first-order valence-electron chi connectivity index (χ1n) is 12.5. The number of benzene rings is 1. The van der Waals surface area contributed by atoms with Gasteiger partial charge in [-0.1, -0.05) is 50.1 Å². The first kappa shape index (κ1) is 24.2. The molecule has 35 heavy (non-hydrogen) atoms. The van der Waals surface area contributed by atoms with Crippen LogP contribution in [0, 0.1) is 11.3 Å². The second-order valence-corrected chi connectivity index (χ2v) is 11.0. The van der Waals surface area contributed by atoms with E-state index in [0.717, 1.165) is 5.57 Å². The Morgan fingerprint density at radius 2 is 1.86 bits per heavy atom. The van der Waals surface area contributed by atoms with Crippen molar-refractivity contribution in [3.05, 3.63) is 58.4 Å². The Morgan fingerprint density at radius 1 is 1.14 bits per heavy atom. The molecule has 1 aromatic carbocycles. The van der Waals surface area contributed by atoms with E-state index in [2.05, 4.69) is 13.8 Å². The lowest BCUT2D eigenvalue weighted by Crippen LogP contribution is -2.55. The van der Waals surface area contributed by atoms with Gasteiger partial charge in [0, 0.05) is 30.3 Å². The minimum atomic E-state index is -1.41. The number of esters is 1. The summed E-state index contributed by atoms with van der Waals surface area (Å²) in [6.07, 6.45) is 2.22. The van der Waals surface area contributed by atoms with Crippen LogP contribution in [0.25, 0.3) is 0 Å². The van der Waals surface area contributed by atoms with Gasteiger partial charge in [0.25, 0.3) is 0 Å². The molecule has 0 radical (unpaired) electrons. The van der Waals surface area contributed by atoms with Gasteiger partial charge in [-0.2, -0.15) is 4.89 Å². The van der Waals surface area contributed by atoms with Crippen molar-refractivity contribution in [1.82, 2.24) is 0 Å². The van der Waals surface area contributed by atoms with Gasteiger partial charge in [-0.25, -0.2) is 9.59 Å². The van der Waals surface area contributed by atoms with Crippen molar-refractivity contribution in [2.75, 3.05) is 0 Å². The Kier molecular flexibility index (Phi) is 5.74. The number of epoxide rings is 1. The molecule has 0 aromatic heterocycles. The number of carbonyl (C=O) groups is 2. The molecule has 5 rings (SSSR count). The lowest BCUT2D eigenvalue weighted by atomic mass is 9.55. The topological polar surface area (TPSA) is 94.6 Å². The van der Waals surface area contributed by atoms with Crippen molar-refractivity contribution < 1.29 is 33.9 Å². The van der Waals surface area contributed by atoms with E-state index in [-0.39, 0.29) is 17.8 Å². The second kappa shape index (κ2) is 8.29. The maximum Gasteiger partial charge on any atom is 0.343 e. The molecule has 0 amide bonds. The van der Waals surface area contributed by atoms with Crippen LogP contribution >= 0.6 is 0 Å². The minimum absolute atomic E-state index is 0.0792. The number of allylic oxidation sites excluding steroid dienone is 1. The Hall–Kier alpha value is -2.48. The zero-order valence-corrected chi connectivity index (χ0v) is 21.1. The van der Waals surface area contributed by atoms with Crippen LogP contribution in [0.5, 0.6) is 0 Å². The predicted octanol–water partition coefficient (Wildman–Crippen LogP) is 4.80. The van der Waals surface area contributed by atoms with Crippen molar-refractivity contribution >= 4 is 11.9 Å². The summed E-state index contributed by atoms with van der Waals surface area (Å²) in [6.45, 7) is 9.66. The quantitative estimate of drug-likeness (QED) is 0.217. The molecule has 188 valence electrons. The van der Waals surface area contributed by atoms with E-state index in [9.17, 15) is 14.7 Å². The fraction of sp³-hybridized carbons (Fsp3) is 0.571. The maximum atomic E-state index is 13.3. The van der Waals surface area contributed by atoms with E-state index in [1.54, 1.807) is 24.3 Å². The summed E-state index contributed by atoms with van der Waals surface area (Å²) >= 11 is 0. The molecule has 1 aromatic rings. The normalized spacial score (nSPS) is 35.3. The average molecular weight is 483 g/mol. The molecule has 1 spiro atoms. The highest BCUT2D eigenvalue weighted by Crippen LogP contribution is 2.65. The first-order valence-corrected chi connectivity index (χ1v) is 12.5. The third kappa shape index (κ3) is 3.67. The molecule has 3 aliphatic carbocycles. The van der Waals surface area contributed by atoms with Gasteiger partial charge in [0.2, 0.25) is 0 Å². The molecular weight excluding hydrogens is 448 g/mol. The van der Waals surface area contributed by atoms with Crippen LogP contribution in [-0.4, -0.2) is 40.5 Å². The van der Waals surface area contributed by atoms with Crippen LogP contribution in [0.2, 0.25) is 0 Å². The molecule has 1 N–H and O–H groups in total. The Labute approximate surface area is 206 Å². The van der Waals surface area contributed by atoms with Crippen molar-refractivity contribution in [3.63, 3.8) is 0 Å². The third-order valence-electron chi connectivity index (χ3n) is 8.61. The summed E-state index contributed by atoms with van der Waals surface area (Å²) in [6, 6.07) is 8.79. The summed E-state index contributed by atoms with van der Waals surface area (Å²) in [5.74, 6) is -0.677. The number of rotatable bonds is 4. The van der Waals surface area contributed by atoms with Crippen LogP contribution in [0.15, 0.2) is 52.8 Å². The summed E-state index contributed by atoms with van der Waals surface area (Å²) in [5, 5.41) is 12.5. The Balaban J connectivity index is 1.66. The van der Waals surface area contributed by atoms with Gasteiger partial charge in [-0.05, 0) is 44.7 Å². The van der Waals surface area contributed by atoms with Gasteiger partial charge < -0.3 is 14.6 Å². The van der Waals surface area contributed by atoms with Crippen LogP contribution in [0.1, 0.15) is 77.1 Å². The Morgan fingerprint density at radius 3 is 2.54 bits per heavy atom. The molecule has 1 saturated carbocycles. The maximum absolute atomic E-state index is 13.3. The van der Waals surface area contributed by atoms with Gasteiger partial charge in [0.15, 0.2) is 0 Å². The van der Waals surface area contributed by atoms with Crippen LogP contribution in [0.3, 0.4) is 0 Å². The summed E-state index contributed by atoms with van der Waals surface area (Å²) in [4.78, 5) is 35.0. The number of hydrogen-bond acceptors (Lipinski definition) is 7. The van der Waals surface area contributed by atoms with Gasteiger partial charge in [0.05, 0.1) is 11.7 Å². The second-order valence-electron chi connectivity index (χ2n) is 11.0. The number of carbonyl (C=O) groups excluding carboxylic acids is 2. The van der Waals surface area contributed by atoms with E-state index < -0.39 is 34.7 Å². The summed E-state index contributed by atoms with van der Waals surface area (Å²) < 4.78 is 12.6. The van der Waals surface area contributed by atoms with E-state index in [0.29, 0.717) is 37.7 Å². The largest absolute Gasteiger partial charge is 0.424 e. The lowest BCUT2D eigenvalue weighted by molar-refractivity contribution is -0.299. The van der Waals surface area contributed by atoms with Crippen molar-refractivity contribution in [3.8, 4) is 0 Å². The van der Waals surface area contributed by atoms with E-state index in [1.807, 2.05) is 19.9 Å². The smallest absolute Gasteiger partial charge is 0.343 e. The molecule has 4 aliphatic rings. The van der Waals surface area contributed by atoms with Gasteiger partial charge in [-0.3, -0.25) is 4.89 Å². The fourth-order valence-corrected chi connectivity index (χ4v) is 6.87. The summed E-state index contributed by atoms with van der Waals surface area (Å²) in [5.41, 5.74) is 0.872. The number of hydrogen-bond donors (Lipinski definition) is 1. The van der Waals surface area contributed by atoms with Crippen LogP contribution in [-0.2, 0) is 24.0 Å². The standard InChI is InChI=1S/C28H34O7/c1-16-11-14-28(31)24(32-25(30)19-9-7-6-8-10-19)21-15-20(35-34-18(3)29)12-13-27(21)23(33-27)17(2)22(16)26(28,4)5/h6-10,17,20,23,31H,11-15H2,1-5H3/t17?,20?,23-,27+,28-/m1/s1. The van der Waals surface area contributed by atoms with Crippen molar-refractivity contribution in [2.24, 2.45) is 11.3 Å². The molecular formula is C28H34O7. The van der Waals surface area contributed by atoms with Gasteiger partial charge >= 0.3 is 11.9 Å². The molecule has 1 heterocycles. The molecule has 2 unspecified atom stereocenters. The monoisotopic (exact) mass is 482 g/mol. The molecule has 7 nitrogen and oxygen atoms in total. The van der Waals surface area contributed by atoms with E-state index in [4.69, 9.17) is 19.2 Å². The summed E-state index contributed by atoms with van der Waals surface area (Å²) in [7, 11) is 0. The molecule has 2 bridgehead atoms. The van der Waals surface area contributed by atoms with Crippen LogP contribution in [0.4, 0.5) is 0 Å². The zero-order chi connectivity index (χ0) is 25.2. The minimum Gasteiger partial charge on any atom is -0.424 e. The highest BCUT2D eigenvalue weighted by Gasteiger charge is 2.69. The molecule has 1 aliphatic heterocycles. The number of aliphatic hydroxyl groups is 1. The van der Waals surface area contributed by atoms with Gasteiger partial charge in [-0.15, -0.1) is 0 Å². The molecule has 2 fully saturated rings. The molecule has 1 saturated heterocycles.